The van der Waals surface area contributed by atoms with Gasteiger partial charge in [-0.25, -0.2) is 4.98 Å². The highest BCUT2D eigenvalue weighted by atomic mass is 32.1. The van der Waals surface area contributed by atoms with Gasteiger partial charge in [0.25, 0.3) is 5.56 Å². The molecule has 6 heteroatoms. The highest BCUT2D eigenvalue weighted by molar-refractivity contribution is 7.12. The van der Waals surface area contributed by atoms with Crippen LogP contribution in [0.3, 0.4) is 0 Å². The van der Waals surface area contributed by atoms with Crippen molar-refractivity contribution in [2.45, 2.75) is 52.0 Å². The molecule has 0 radical (unpaired) electrons. The van der Waals surface area contributed by atoms with Crippen LogP contribution in [0, 0.1) is 12.8 Å². The molecule has 1 aliphatic rings. The molecule has 1 saturated carbocycles. The molecule has 2 aromatic rings. The Labute approximate surface area is 127 Å². The summed E-state index contributed by atoms with van der Waals surface area (Å²) in [6.07, 6.45) is 8.09. The summed E-state index contributed by atoms with van der Waals surface area (Å²) >= 11 is 1.23. The van der Waals surface area contributed by atoms with E-state index in [1.54, 1.807) is 6.92 Å². The van der Waals surface area contributed by atoms with E-state index in [1.165, 1.54) is 35.3 Å². The molecule has 0 spiro atoms. The molecule has 0 N–H and O–H groups in total. The first kappa shape index (κ1) is 14.4. The second kappa shape index (κ2) is 6.05. The van der Waals surface area contributed by atoms with Crippen molar-refractivity contribution < 1.29 is 4.79 Å². The Morgan fingerprint density at radius 1 is 1.33 bits per heavy atom. The zero-order valence-electron chi connectivity index (χ0n) is 12.2. The maximum absolute atomic E-state index is 12.4. The van der Waals surface area contributed by atoms with Crippen LogP contribution in [0.1, 0.15) is 44.2 Å². The average Bonchev–Trinajstić information content (AvgIpc) is 2.70. The normalized spacial score (nSPS) is 17.0. The summed E-state index contributed by atoms with van der Waals surface area (Å²) in [7, 11) is 0. The van der Waals surface area contributed by atoms with Crippen molar-refractivity contribution in [3.05, 3.63) is 22.4 Å². The van der Waals surface area contributed by atoms with Crippen LogP contribution in [0.4, 0.5) is 0 Å². The Morgan fingerprint density at radius 3 is 2.76 bits per heavy atom. The van der Waals surface area contributed by atoms with Crippen LogP contribution in [0.25, 0.3) is 10.2 Å². The number of aryl methyl sites for hydroxylation is 1. The maximum Gasteiger partial charge on any atom is 0.264 e. The van der Waals surface area contributed by atoms with Crippen LogP contribution in [-0.4, -0.2) is 19.7 Å². The summed E-state index contributed by atoms with van der Waals surface area (Å²) in [4.78, 5) is 29.8. The standard InChI is InChI=1S/C15H19N3O2S/c1-10-13-14(21-17-10)16-9-18(15(13)20)8-12(19)11-6-4-2-3-5-7-11/h9,11H,2-8H2,1H3. The molecule has 21 heavy (non-hydrogen) atoms. The van der Waals surface area contributed by atoms with E-state index in [9.17, 15) is 9.59 Å². The Bertz CT molecular complexity index is 711. The number of ketones is 1. The molecule has 0 aromatic carbocycles. The van der Waals surface area contributed by atoms with Crippen molar-refractivity contribution >= 4 is 27.5 Å². The summed E-state index contributed by atoms with van der Waals surface area (Å²) in [5, 5.41) is 0.552. The molecule has 2 heterocycles. The van der Waals surface area contributed by atoms with Crippen molar-refractivity contribution in [1.82, 2.24) is 13.9 Å². The highest BCUT2D eigenvalue weighted by Crippen LogP contribution is 2.24. The molecular weight excluding hydrogens is 286 g/mol. The van der Waals surface area contributed by atoms with Gasteiger partial charge in [-0.1, -0.05) is 25.7 Å². The van der Waals surface area contributed by atoms with Gasteiger partial charge in [-0.15, -0.1) is 0 Å². The molecule has 0 atom stereocenters. The predicted octanol–water partition coefficient (Wildman–Crippen LogP) is 2.70. The summed E-state index contributed by atoms with van der Waals surface area (Å²) in [5.74, 6) is 0.276. The van der Waals surface area contributed by atoms with Gasteiger partial charge in [-0.2, -0.15) is 4.37 Å². The zero-order valence-corrected chi connectivity index (χ0v) is 13.0. The number of Topliss-reactive ketones (excluding diaryl/α,β-unsaturated/α-hetero) is 1. The molecule has 0 amide bonds. The molecule has 0 bridgehead atoms. The van der Waals surface area contributed by atoms with Crippen molar-refractivity contribution in [3.63, 3.8) is 0 Å². The van der Waals surface area contributed by atoms with Gasteiger partial charge in [0, 0.05) is 5.92 Å². The molecule has 0 unspecified atom stereocenters. The zero-order chi connectivity index (χ0) is 14.8. The Morgan fingerprint density at radius 2 is 2.05 bits per heavy atom. The minimum atomic E-state index is -0.145. The summed E-state index contributed by atoms with van der Waals surface area (Å²) < 4.78 is 5.60. The predicted molar refractivity (Wildman–Crippen MR) is 82.6 cm³/mol. The van der Waals surface area contributed by atoms with Crippen molar-refractivity contribution in [2.75, 3.05) is 0 Å². The third-order valence-corrected chi connectivity index (χ3v) is 5.12. The lowest BCUT2D eigenvalue weighted by atomic mass is 9.95. The van der Waals surface area contributed by atoms with Crippen LogP contribution < -0.4 is 5.56 Å². The maximum atomic E-state index is 12.4. The number of hydrogen-bond donors (Lipinski definition) is 0. The molecule has 3 rings (SSSR count). The third kappa shape index (κ3) is 2.90. The van der Waals surface area contributed by atoms with E-state index < -0.39 is 0 Å². The van der Waals surface area contributed by atoms with Crippen LogP contribution in [0.5, 0.6) is 0 Å². The molecular formula is C15H19N3O2S. The van der Waals surface area contributed by atoms with Gasteiger partial charge >= 0.3 is 0 Å². The summed E-state index contributed by atoms with van der Waals surface area (Å²) in [6.45, 7) is 1.95. The molecule has 5 nitrogen and oxygen atoms in total. The van der Waals surface area contributed by atoms with E-state index in [0.29, 0.717) is 15.9 Å². The summed E-state index contributed by atoms with van der Waals surface area (Å²) in [5.41, 5.74) is 0.553. The van der Waals surface area contributed by atoms with Crippen LogP contribution in [0.2, 0.25) is 0 Å². The molecule has 112 valence electrons. The number of aromatic nitrogens is 3. The Balaban J connectivity index is 1.84. The van der Waals surface area contributed by atoms with E-state index >= 15 is 0 Å². The lowest BCUT2D eigenvalue weighted by Crippen LogP contribution is -2.28. The number of rotatable bonds is 3. The van der Waals surface area contributed by atoms with E-state index in [2.05, 4.69) is 9.36 Å². The van der Waals surface area contributed by atoms with Crippen molar-refractivity contribution in [3.8, 4) is 0 Å². The molecule has 1 fully saturated rings. The van der Waals surface area contributed by atoms with Crippen molar-refractivity contribution in [1.29, 1.82) is 0 Å². The highest BCUT2D eigenvalue weighted by Gasteiger charge is 2.21. The van der Waals surface area contributed by atoms with Gasteiger partial charge in [-0.05, 0) is 31.3 Å². The fourth-order valence-corrected chi connectivity index (χ4v) is 3.76. The number of nitrogens with zero attached hydrogens (tertiary/aromatic N) is 3. The van der Waals surface area contributed by atoms with Gasteiger partial charge < -0.3 is 0 Å². The second-order valence-electron chi connectivity index (χ2n) is 5.78. The lowest BCUT2D eigenvalue weighted by Gasteiger charge is -2.13. The Hall–Kier alpha value is -1.56. The van der Waals surface area contributed by atoms with Gasteiger partial charge in [-0.3, -0.25) is 14.2 Å². The number of fused-ring (bicyclic) bond motifs is 1. The van der Waals surface area contributed by atoms with Crippen LogP contribution in [-0.2, 0) is 11.3 Å². The first-order valence-corrected chi connectivity index (χ1v) is 8.28. The van der Waals surface area contributed by atoms with Gasteiger partial charge in [0.05, 0.1) is 24.0 Å². The summed E-state index contributed by atoms with van der Waals surface area (Å²) in [6, 6.07) is 0. The topological polar surface area (TPSA) is 64.8 Å². The average molecular weight is 305 g/mol. The first-order chi connectivity index (χ1) is 10.2. The fraction of sp³-hybridized carbons (Fsp3) is 0.600. The molecule has 2 aromatic heterocycles. The SMILES string of the molecule is Cc1nsc2ncn(CC(=O)C3CCCCCC3)c(=O)c12. The van der Waals surface area contributed by atoms with Crippen LogP contribution in [0.15, 0.2) is 11.1 Å². The molecule has 0 saturated heterocycles. The fourth-order valence-electron chi connectivity index (χ4n) is 3.02. The number of carbonyl (C=O) groups excluding carboxylic acids is 1. The van der Waals surface area contributed by atoms with E-state index in [4.69, 9.17) is 0 Å². The number of hydrogen-bond acceptors (Lipinski definition) is 5. The lowest BCUT2D eigenvalue weighted by molar-refractivity contribution is -0.123. The first-order valence-electron chi connectivity index (χ1n) is 7.51. The van der Waals surface area contributed by atoms with Gasteiger partial charge in [0.1, 0.15) is 0 Å². The van der Waals surface area contributed by atoms with Crippen LogP contribution >= 0.6 is 11.5 Å². The van der Waals surface area contributed by atoms with Gasteiger partial charge in [0.2, 0.25) is 0 Å². The number of carbonyl (C=O) groups is 1. The quantitative estimate of drug-likeness (QED) is 0.818. The smallest absolute Gasteiger partial charge is 0.264 e. The van der Waals surface area contributed by atoms with E-state index in [1.807, 2.05) is 0 Å². The second-order valence-corrected chi connectivity index (χ2v) is 6.53. The minimum Gasteiger partial charge on any atom is -0.297 e. The molecule has 0 aliphatic heterocycles. The van der Waals surface area contributed by atoms with E-state index in [-0.39, 0.29) is 23.8 Å². The van der Waals surface area contributed by atoms with E-state index in [0.717, 1.165) is 25.7 Å². The van der Waals surface area contributed by atoms with Crippen molar-refractivity contribution in [2.24, 2.45) is 5.92 Å². The monoisotopic (exact) mass is 305 g/mol. The Kier molecular flexibility index (Phi) is 4.14. The minimum absolute atomic E-state index is 0.108. The molecule has 1 aliphatic carbocycles. The third-order valence-electron chi connectivity index (χ3n) is 4.27. The largest absolute Gasteiger partial charge is 0.297 e. The van der Waals surface area contributed by atoms with Gasteiger partial charge in [0.15, 0.2) is 10.6 Å².